The molecule has 1 aromatic carbocycles. The summed E-state index contributed by atoms with van der Waals surface area (Å²) in [6.07, 6.45) is 0. The Morgan fingerprint density at radius 1 is 1.44 bits per heavy atom. The second-order valence-electron chi connectivity index (χ2n) is 3.28. The number of benzene rings is 1. The highest BCUT2D eigenvalue weighted by atomic mass is 16.5. The van der Waals surface area contributed by atoms with Gasteiger partial charge in [0, 0.05) is 25.4 Å². The average Bonchev–Trinajstić information content (AvgIpc) is 2.27. The van der Waals surface area contributed by atoms with E-state index in [1.807, 2.05) is 18.2 Å². The lowest BCUT2D eigenvalue weighted by Gasteiger charge is -2.11. The SMILES string of the molecule is [B]C(=O)OCc1cc(COC)ccc1NC. The first kappa shape index (κ1) is 12.6. The van der Waals surface area contributed by atoms with Crippen LogP contribution in [0, 0.1) is 0 Å². The molecule has 1 N–H and O–H groups in total. The molecule has 0 aliphatic rings. The van der Waals surface area contributed by atoms with Crippen LogP contribution in [0.15, 0.2) is 18.2 Å². The molecule has 84 valence electrons. The van der Waals surface area contributed by atoms with Crippen LogP contribution in [-0.2, 0) is 22.7 Å². The molecule has 0 aromatic heterocycles. The molecule has 0 fully saturated rings. The molecule has 0 aliphatic carbocycles. The number of hydrogen-bond donors (Lipinski definition) is 1. The van der Waals surface area contributed by atoms with Crippen molar-refractivity contribution in [1.82, 2.24) is 0 Å². The van der Waals surface area contributed by atoms with E-state index in [9.17, 15) is 4.79 Å². The molecule has 0 saturated heterocycles. The molecule has 0 unspecified atom stereocenters. The van der Waals surface area contributed by atoms with Crippen molar-refractivity contribution in [3.63, 3.8) is 0 Å². The van der Waals surface area contributed by atoms with Crippen LogP contribution in [0.3, 0.4) is 0 Å². The summed E-state index contributed by atoms with van der Waals surface area (Å²) in [6, 6.07) is 5.77. The van der Waals surface area contributed by atoms with Gasteiger partial charge in [0.15, 0.2) is 0 Å². The molecule has 0 atom stereocenters. The number of nitrogens with one attached hydrogen (secondary N) is 1. The number of methoxy groups -OCH3 is 1. The van der Waals surface area contributed by atoms with Gasteiger partial charge in [-0.05, 0) is 17.7 Å². The van der Waals surface area contributed by atoms with Crippen LogP contribution >= 0.6 is 0 Å². The third-order valence-corrected chi connectivity index (χ3v) is 2.12. The van der Waals surface area contributed by atoms with Gasteiger partial charge in [-0.3, -0.25) is 4.79 Å². The van der Waals surface area contributed by atoms with Crippen molar-refractivity contribution in [1.29, 1.82) is 0 Å². The topological polar surface area (TPSA) is 47.6 Å². The molecule has 0 aliphatic heterocycles. The smallest absolute Gasteiger partial charge is 0.236 e. The van der Waals surface area contributed by atoms with Crippen LogP contribution in [-0.4, -0.2) is 27.9 Å². The van der Waals surface area contributed by atoms with Gasteiger partial charge in [0.2, 0.25) is 13.7 Å². The predicted octanol–water partition coefficient (Wildman–Crippen LogP) is 1.68. The fourth-order valence-corrected chi connectivity index (χ4v) is 1.42. The summed E-state index contributed by atoms with van der Waals surface area (Å²) in [4.78, 5) is 10.5. The van der Waals surface area contributed by atoms with Crippen LogP contribution in [0.2, 0.25) is 0 Å². The zero-order chi connectivity index (χ0) is 12.0. The van der Waals surface area contributed by atoms with Crippen LogP contribution in [0.1, 0.15) is 11.1 Å². The fourth-order valence-electron chi connectivity index (χ4n) is 1.42. The number of ether oxygens (including phenoxy) is 2. The van der Waals surface area contributed by atoms with E-state index in [4.69, 9.17) is 17.3 Å². The van der Waals surface area contributed by atoms with E-state index in [1.54, 1.807) is 14.2 Å². The Hall–Kier alpha value is -1.49. The fraction of sp³-hybridized carbons (Fsp3) is 0.364. The lowest BCUT2D eigenvalue weighted by atomic mass is 10.1. The third-order valence-electron chi connectivity index (χ3n) is 2.12. The number of hydrogen-bond acceptors (Lipinski definition) is 4. The van der Waals surface area contributed by atoms with Crippen molar-refractivity contribution in [3.05, 3.63) is 29.3 Å². The number of carbonyl (C=O) groups is 1. The molecule has 4 nitrogen and oxygen atoms in total. The Kier molecular flexibility index (Phi) is 4.86. The van der Waals surface area contributed by atoms with Crippen molar-refractivity contribution in [3.8, 4) is 0 Å². The molecular formula is C11H14BNO3. The van der Waals surface area contributed by atoms with Gasteiger partial charge in [0.25, 0.3) is 0 Å². The quantitative estimate of drug-likeness (QED) is 0.765. The molecule has 1 rings (SSSR count). The highest BCUT2D eigenvalue weighted by Crippen LogP contribution is 2.18. The third kappa shape index (κ3) is 3.58. The normalized spacial score (nSPS) is 9.88. The van der Waals surface area contributed by atoms with E-state index in [0.29, 0.717) is 6.61 Å². The largest absolute Gasteiger partial charge is 0.470 e. The number of anilines is 1. The minimum absolute atomic E-state index is 0.156. The molecule has 16 heavy (non-hydrogen) atoms. The molecule has 0 bridgehead atoms. The minimum Gasteiger partial charge on any atom is -0.470 e. The molecule has 1 aromatic rings. The Morgan fingerprint density at radius 2 is 2.19 bits per heavy atom. The molecular weight excluding hydrogens is 205 g/mol. The van der Waals surface area contributed by atoms with Gasteiger partial charge in [-0.1, -0.05) is 6.07 Å². The van der Waals surface area contributed by atoms with Gasteiger partial charge in [-0.2, -0.15) is 0 Å². The van der Waals surface area contributed by atoms with Crippen LogP contribution in [0.4, 0.5) is 10.5 Å². The first-order valence-corrected chi connectivity index (χ1v) is 4.88. The summed E-state index contributed by atoms with van der Waals surface area (Å²) in [6.45, 7) is 0.677. The Morgan fingerprint density at radius 3 is 2.75 bits per heavy atom. The van der Waals surface area contributed by atoms with Gasteiger partial charge in [0.1, 0.15) is 6.61 Å². The molecule has 5 heteroatoms. The number of carbonyl (C=O) groups excluding carboxylic acids is 1. The maximum Gasteiger partial charge on any atom is 0.236 e. The summed E-state index contributed by atoms with van der Waals surface area (Å²) >= 11 is 0. The van der Waals surface area contributed by atoms with Gasteiger partial charge >= 0.3 is 0 Å². The van der Waals surface area contributed by atoms with Crippen molar-refractivity contribution in [2.24, 2.45) is 0 Å². The maximum atomic E-state index is 10.5. The summed E-state index contributed by atoms with van der Waals surface area (Å²) in [5.41, 5.74) is 2.79. The predicted molar refractivity (Wildman–Crippen MR) is 62.6 cm³/mol. The maximum absolute atomic E-state index is 10.5. The van der Waals surface area contributed by atoms with Crippen molar-refractivity contribution in [2.75, 3.05) is 19.5 Å². The highest BCUT2D eigenvalue weighted by Gasteiger charge is 2.04. The molecule has 0 amide bonds. The summed E-state index contributed by atoms with van der Waals surface area (Å²) < 4.78 is 9.79. The molecule has 2 radical (unpaired) electrons. The lowest BCUT2D eigenvalue weighted by molar-refractivity contribution is 0.166. The van der Waals surface area contributed by atoms with Crippen LogP contribution in [0.25, 0.3) is 0 Å². The van der Waals surface area contributed by atoms with Gasteiger partial charge < -0.3 is 14.8 Å². The van der Waals surface area contributed by atoms with Crippen LogP contribution < -0.4 is 5.32 Å². The van der Waals surface area contributed by atoms with Gasteiger partial charge in [0.05, 0.1) is 6.61 Å². The van der Waals surface area contributed by atoms with Gasteiger partial charge in [-0.15, -0.1) is 0 Å². The van der Waals surface area contributed by atoms with Gasteiger partial charge in [-0.25, -0.2) is 0 Å². The van der Waals surface area contributed by atoms with E-state index in [1.165, 1.54) is 0 Å². The van der Waals surface area contributed by atoms with Crippen molar-refractivity contribution in [2.45, 2.75) is 13.2 Å². The first-order chi connectivity index (χ1) is 7.67. The van der Waals surface area contributed by atoms with Crippen molar-refractivity contribution < 1.29 is 14.3 Å². The summed E-state index contributed by atoms with van der Waals surface area (Å²) in [7, 11) is 8.36. The Labute approximate surface area is 96.3 Å². The molecule has 0 saturated carbocycles. The Balaban J connectivity index is 2.83. The highest BCUT2D eigenvalue weighted by molar-refractivity contribution is 6.55. The van der Waals surface area contributed by atoms with E-state index in [0.717, 1.165) is 16.8 Å². The minimum atomic E-state index is -0.779. The van der Waals surface area contributed by atoms with E-state index in [-0.39, 0.29) is 6.61 Å². The summed E-state index contributed by atoms with van der Waals surface area (Å²) in [5, 5.41) is 3.02. The van der Waals surface area contributed by atoms with E-state index < -0.39 is 5.87 Å². The lowest BCUT2D eigenvalue weighted by Crippen LogP contribution is -2.04. The van der Waals surface area contributed by atoms with Crippen molar-refractivity contribution >= 4 is 19.4 Å². The number of rotatable bonds is 5. The zero-order valence-corrected chi connectivity index (χ0v) is 9.45. The standard InChI is InChI=1S/C11H14BNO3/c1-13-10-4-3-8(6-15-2)5-9(10)7-16-11(12)14/h3-5,13H,6-7H2,1-2H3. The van der Waals surface area contributed by atoms with E-state index in [2.05, 4.69) is 5.32 Å². The molecule has 0 heterocycles. The monoisotopic (exact) mass is 219 g/mol. The summed E-state index contributed by atoms with van der Waals surface area (Å²) in [5.74, 6) is -0.779. The first-order valence-electron chi connectivity index (χ1n) is 4.88. The Bertz CT molecular complexity index is 368. The van der Waals surface area contributed by atoms with Crippen LogP contribution in [0.5, 0.6) is 0 Å². The second kappa shape index (κ2) is 6.17. The average molecular weight is 219 g/mol. The molecule has 0 spiro atoms. The van der Waals surface area contributed by atoms with E-state index >= 15 is 0 Å². The second-order valence-corrected chi connectivity index (χ2v) is 3.28. The zero-order valence-electron chi connectivity index (χ0n) is 9.45.